The van der Waals surface area contributed by atoms with E-state index < -0.39 is 0 Å². The molecule has 1 aliphatic heterocycles. The lowest BCUT2D eigenvalue weighted by molar-refractivity contribution is 0.302. The minimum absolute atomic E-state index is 0.283. The van der Waals surface area contributed by atoms with E-state index in [1.54, 1.807) is 18.2 Å². The molecule has 3 N–H and O–H groups in total. The van der Waals surface area contributed by atoms with E-state index in [1.807, 2.05) is 23.6 Å². The zero-order chi connectivity index (χ0) is 12.8. The van der Waals surface area contributed by atoms with E-state index in [4.69, 9.17) is 5.73 Å². The van der Waals surface area contributed by atoms with Gasteiger partial charge in [-0.15, -0.1) is 11.8 Å². The van der Waals surface area contributed by atoms with Gasteiger partial charge in [-0.2, -0.15) is 0 Å². The monoisotopic (exact) mass is 262 g/mol. The van der Waals surface area contributed by atoms with Crippen LogP contribution in [0.2, 0.25) is 0 Å². The summed E-state index contributed by atoms with van der Waals surface area (Å²) in [7, 11) is 0. The molecule has 1 amide bonds. The number of benzene rings is 1. The van der Waals surface area contributed by atoms with Crippen LogP contribution < -0.4 is 11.1 Å². The molecule has 4 nitrogen and oxygen atoms in total. The number of amides is 1. The molecular formula is C13H16N3OS. The van der Waals surface area contributed by atoms with E-state index in [0.29, 0.717) is 6.54 Å². The zero-order valence-electron chi connectivity index (χ0n) is 10.0. The minimum Gasteiger partial charge on any atom is -0.341 e. The second-order valence-electron chi connectivity index (χ2n) is 4.01. The van der Waals surface area contributed by atoms with Crippen molar-refractivity contribution in [1.82, 2.24) is 10.2 Å². The first kappa shape index (κ1) is 13.0. The van der Waals surface area contributed by atoms with Crippen LogP contribution in [0, 0.1) is 0 Å². The van der Waals surface area contributed by atoms with Gasteiger partial charge in [-0.1, -0.05) is 30.3 Å². The Kier molecular flexibility index (Phi) is 4.66. The van der Waals surface area contributed by atoms with Crippen molar-refractivity contribution in [3.05, 3.63) is 47.1 Å². The highest BCUT2D eigenvalue weighted by atomic mass is 32.2. The fourth-order valence-corrected chi connectivity index (χ4v) is 3.01. The van der Waals surface area contributed by atoms with Crippen LogP contribution in [0.4, 0.5) is 0 Å². The highest BCUT2D eigenvalue weighted by Crippen LogP contribution is 2.32. The molecule has 0 saturated heterocycles. The molecular weight excluding hydrogens is 246 g/mol. The number of nitrogens with zero attached hydrogens (tertiary/aromatic N) is 1. The van der Waals surface area contributed by atoms with Gasteiger partial charge in [-0.05, 0) is 18.5 Å². The number of hydrogen-bond acceptors (Lipinski definition) is 4. The molecule has 5 heteroatoms. The molecule has 0 spiro atoms. The number of nitrogens with one attached hydrogen (secondary N) is 1. The van der Waals surface area contributed by atoms with Crippen molar-refractivity contribution in [2.75, 3.05) is 6.54 Å². The van der Waals surface area contributed by atoms with Gasteiger partial charge in [0, 0.05) is 12.0 Å². The summed E-state index contributed by atoms with van der Waals surface area (Å²) in [4.78, 5) is 12.6. The molecule has 1 aromatic rings. The third kappa shape index (κ3) is 3.05. The first-order valence-corrected chi connectivity index (χ1v) is 6.79. The summed E-state index contributed by atoms with van der Waals surface area (Å²) in [6.45, 7) is 1.40. The summed E-state index contributed by atoms with van der Waals surface area (Å²) < 4.78 is 0. The number of rotatable bonds is 6. The standard InChI is InChI=1S/C13H16N3OS/c14-7-6-13-16(12(9-18-13)15-10-17)8-11-4-2-1-3-5-11/h1-5,9,13H,6-8,14H2,(H,15,17). The van der Waals surface area contributed by atoms with Gasteiger partial charge in [0.1, 0.15) is 5.82 Å². The van der Waals surface area contributed by atoms with Crippen molar-refractivity contribution in [2.45, 2.75) is 18.3 Å². The summed E-state index contributed by atoms with van der Waals surface area (Å²) in [5.74, 6) is 0.803. The lowest BCUT2D eigenvalue weighted by Gasteiger charge is -2.28. The van der Waals surface area contributed by atoms with Gasteiger partial charge in [0.25, 0.3) is 0 Å². The van der Waals surface area contributed by atoms with Crippen LogP contribution >= 0.6 is 11.8 Å². The second-order valence-corrected chi connectivity index (χ2v) is 5.06. The Hall–Kier alpha value is -1.46. The van der Waals surface area contributed by atoms with Gasteiger partial charge in [0.2, 0.25) is 0 Å². The average molecular weight is 262 g/mol. The number of carbonyl (C=O) groups excluding carboxylic acids is 1. The van der Waals surface area contributed by atoms with Crippen LogP contribution in [-0.4, -0.2) is 23.2 Å². The van der Waals surface area contributed by atoms with Gasteiger partial charge in [-0.25, -0.2) is 0 Å². The Bertz CT molecular complexity index is 422. The molecule has 0 fully saturated rings. The van der Waals surface area contributed by atoms with Crippen LogP contribution in [-0.2, 0) is 11.3 Å². The van der Waals surface area contributed by atoms with Crippen molar-refractivity contribution in [2.24, 2.45) is 5.73 Å². The molecule has 1 radical (unpaired) electrons. The van der Waals surface area contributed by atoms with Crippen molar-refractivity contribution in [3.63, 3.8) is 0 Å². The SMILES string of the molecule is NCCC1SC=C(N[C]=O)N1Cc1ccccc1. The molecule has 1 unspecified atom stereocenters. The van der Waals surface area contributed by atoms with Gasteiger partial charge in [0.05, 0.1) is 5.37 Å². The molecule has 1 aromatic carbocycles. The minimum atomic E-state index is 0.283. The highest BCUT2D eigenvalue weighted by Gasteiger charge is 2.26. The summed E-state index contributed by atoms with van der Waals surface area (Å²) in [6.07, 6.45) is 2.62. The van der Waals surface area contributed by atoms with Gasteiger partial charge < -0.3 is 16.0 Å². The second kappa shape index (κ2) is 6.47. The lowest BCUT2D eigenvalue weighted by atomic mass is 10.2. The van der Waals surface area contributed by atoms with Crippen LogP contribution in [0.3, 0.4) is 0 Å². The Morgan fingerprint density at radius 3 is 2.83 bits per heavy atom. The quantitative estimate of drug-likeness (QED) is 0.760. The van der Waals surface area contributed by atoms with E-state index in [9.17, 15) is 4.79 Å². The zero-order valence-corrected chi connectivity index (χ0v) is 10.8. The highest BCUT2D eigenvalue weighted by molar-refractivity contribution is 8.02. The Balaban J connectivity index is 2.09. The van der Waals surface area contributed by atoms with E-state index in [-0.39, 0.29) is 5.37 Å². The van der Waals surface area contributed by atoms with Gasteiger partial charge in [0.15, 0.2) is 0 Å². The molecule has 0 bridgehead atoms. The largest absolute Gasteiger partial charge is 0.341 e. The fraction of sp³-hybridized carbons (Fsp3) is 0.308. The van der Waals surface area contributed by atoms with Crippen LogP contribution in [0.15, 0.2) is 41.6 Å². The van der Waals surface area contributed by atoms with E-state index in [1.165, 1.54) is 5.56 Å². The van der Waals surface area contributed by atoms with E-state index in [0.717, 1.165) is 18.8 Å². The molecule has 0 aromatic heterocycles. The van der Waals surface area contributed by atoms with Crippen molar-refractivity contribution in [1.29, 1.82) is 0 Å². The number of hydrogen-bond donors (Lipinski definition) is 2. The molecule has 95 valence electrons. The number of nitrogens with two attached hydrogens (primary N) is 1. The maximum Gasteiger partial charge on any atom is 0.315 e. The maximum absolute atomic E-state index is 10.5. The van der Waals surface area contributed by atoms with Gasteiger partial charge >= 0.3 is 6.41 Å². The smallest absolute Gasteiger partial charge is 0.315 e. The molecule has 2 rings (SSSR count). The normalized spacial score (nSPS) is 18.6. The van der Waals surface area contributed by atoms with Crippen LogP contribution in [0.25, 0.3) is 0 Å². The van der Waals surface area contributed by atoms with Crippen molar-refractivity contribution >= 4 is 18.2 Å². The third-order valence-electron chi connectivity index (χ3n) is 2.78. The topological polar surface area (TPSA) is 58.4 Å². The fourth-order valence-electron chi connectivity index (χ4n) is 1.93. The van der Waals surface area contributed by atoms with Crippen molar-refractivity contribution in [3.8, 4) is 0 Å². The summed E-state index contributed by atoms with van der Waals surface area (Å²) in [5.41, 5.74) is 6.83. The lowest BCUT2D eigenvalue weighted by Crippen LogP contribution is -2.34. The van der Waals surface area contributed by atoms with E-state index >= 15 is 0 Å². The van der Waals surface area contributed by atoms with Crippen LogP contribution in [0.1, 0.15) is 12.0 Å². The average Bonchev–Trinajstić information content (AvgIpc) is 2.75. The molecule has 0 aliphatic carbocycles. The Labute approximate surface area is 111 Å². The third-order valence-corrected chi connectivity index (χ3v) is 3.95. The predicted molar refractivity (Wildman–Crippen MR) is 73.9 cm³/mol. The summed E-state index contributed by atoms with van der Waals surface area (Å²) in [6, 6.07) is 10.2. The van der Waals surface area contributed by atoms with Gasteiger partial charge in [-0.3, -0.25) is 4.79 Å². The Morgan fingerprint density at radius 2 is 2.17 bits per heavy atom. The maximum atomic E-state index is 10.5. The molecule has 0 saturated carbocycles. The molecule has 18 heavy (non-hydrogen) atoms. The Morgan fingerprint density at radius 1 is 1.39 bits per heavy atom. The van der Waals surface area contributed by atoms with Crippen LogP contribution in [0.5, 0.6) is 0 Å². The first-order chi connectivity index (χ1) is 8.85. The molecule has 1 heterocycles. The first-order valence-electron chi connectivity index (χ1n) is 5.84. The number of thioether (sulfide) groups is 1. The van der Waals surface area contributed by atoms with Crippen molar-refractivity contribution < 1.29 is 4.79 Å². The summed E-state index contributed by atoms with van der Waals surface area (Å²) in [5, 5.41) is 4.86. The predicted octanol–water partition coefficient (Wildman–Crippen LogP) is 1.37. The molecule has 1 aliphatic rings. The summed E-state index contributed by atoms with van der Waals surface area (Å²) >= 11 is 1.68. The van der Waals surface area contributed by atoms with E-state index in [2.05, 4.69) is 22.3 Å². The molecule has 1 atom stereocenters.